The van der Waals surface area contributed by atoms with Crippen molar-refractivity contribution in [3.05, 3.63) is 166 Å². The molecule has 48 heavy (non-hydrogen) atoms. The summed E-state index contributed by atoms with van der Waals surface area (Å²) in [5, 5.41) is 4.28. The molecule has 1 heterocycles. The topological polar surface area (TPSA) is 0 Å². The van der Waals surface area contributed by atoms with Gasteiger partial charge in [-0.25, -0.2) is 8.78 Å². The maximum absolute atomic E-state index is 13.4. The van der Waals surface area contributed by atoms with Crippen molar-refractivity contribution in [2.75, 3.05) is 0 Å². The summed E-state index contributed by atoms with van der Waals surface area (Å²) >= 11 is 1.74. The molecule has 252 valence electrons. The zero-order valence-corrected chi connectivity index (χ0v) is 30.8. The number of hydrogen-bond donors (Lipinski definition) is 0. The van der Waals surface area contributed by atoms with Gasteiger partial charge in [-0.1, -0.05) is 151 Å². The van der Waals surface area contributed by atoms with Gasteiger partial charge in [-0.05, 0) is 105 Å². The quantitative estimate of drug-likeness (QED) is 0.160. The van der Waals surface area contributed by atoms with Crippen molar-refractivity contribution in [2.45, 2.75) is 74.7 Å². The molecule has 0 aliphatic heterocycles. The lowest BCUT2D eigenvalue weighted by atomic mass is 9.98. The summed E-state index contributed by atoms with van der Waals surface area (Å²) < 4.78 is 26.9. The van der Waals surface area contributed by atoms with Crippen LogP contribution in [-0.2, 0) is 19.3 Å². The molecule has 0 fully saturated rings. The molecule has 6 rings (SSSR count). The molecule has 0 spiro atoms. The molecule has 0 saturated carbocycles. The highest BCUT2D eigenvalue weighted by molar-refractivity contribution is 7.08. The molecule has 6 aromatic rings. The monoisotopic (exact) mass is 662 g/mol. The lowest BCUT2D eigenvalue weighted by molar-refractivity contribution is 0.584. The van der Waals surface area contributed by atoms with Gasteiger partial charge in [-0.3, -0.25) is 0 Å². The van der Waals surface area contributed by atoms with Crippen molar-refractivity contribution < 1.29 is 8.78 Å². The van der Waals surface area contributed by atoms with Gasteiger partial charge in [0.1, 0.15) is 11.6 Å². The van der Waals surface area contributed by atoms with E-state index in [-0.39, 0.29) is 0 Å². The first-order chi connectivity index (χ1) is 23.5. The fraction of sp³-hybridized carbons (Fsp3) is 0.244. The normalized spacial score (nSPS) is 9.71. The third kappa shape index (κ3) is 12.7. The molecule has 0 saturated heterocycles. The summed E-state index contributed by atoms with van der Waals surface area (Å²) in [6, 6.07) is 39.7. The Balaban J connectivity index is 0.000000369. The highest BCUT2D eigenvalue weighted by Crippen LogP contribution is 2.24. The summed E-state index contributed by atoms with van der Waals surface area (Å²) in [5.74, 6) is -1.11. The maximum Gasteiger partial charge on any atom is 0.126 e. The summed E-state index contributed by atoms with van der Waals surface area (Å²) in [7, 11) is 0. The van der Waals surface area contributed by atoms with Crippen LogP contribution < -0.4 is 0 Å². The molecule has 5 aromatic carbocycles. The summed E-state index contributed by atoms with van der Waals surface area (Å²) in [6.45, 7) is 16.3. The van der Waals surface area contributed by atoms with Crippen LogP contribution in [-0.4, -0.2) is 0 Å². The Hall–Kier alpha value is -4.34. The summed E-state index contributed by atoms with van der Waals surface area (Å²) in [4.78, 5) is 0. The summed E-state index contributed by atoms with van der Waals surface area (Å²) in [5.41, 5.74) is 11.6. The van der Waals surface area contributed by atoms with Gasteiger partial charge in [-0.2, -0.15) is 11.3 Å². The fourth-order valence-electron chi connectivity index (χ4n) is 4.84. The van der Waals surface area contributed by atoms with Crippen molar-refractivity contribution >= 4 is 11.3 Å². The largest absolute Gasteiger partial charge is 0.207 e. The van der Waals surface area contributed by atoms with E-state index in [1.807, 2.05) is 65.8 Å². The van der Waals surface area contributed by atoms with Gasteiger partial charge in [-0.15, -0.1) is 0 Å². The second-order valence-electron chi connectivity index (χ2n) is 10.5. The molecule has 0 radical (unpaired) electrons. The second-order valence-corrected chi connectivity index (χ2v) is 11.3. The minimum Gasteiger partial charge on any atom is -0.207 e. The minimum absolute atomic E-state index is 0.557. The van der Waals surface area contributed by atoms with Crippen LogP contribution in [0.3, 0.4) is 0 Å². The number of hydrogen-bond acceptors (Lipinski definition) is 1. The van der Waals surface area contributed by atoms with E-state index in [4.69, 9.17) is 0 Å². The first kappa shape index (κ1) is 39.8. The van der Waals surface area contributed by atoms with Crippen molar-refractivity contribution in [1.29, 1.82) is 0 Å². The van der Waals surface area contributed by atoms with Crippen LogP contribution >= 0.6 is 11.3 Å². The second kappa shape index (κ2) is 22.3. The SMILES string of the molecule is CC.CC.CC.CCc1ccc(-c2ccc(CCc3ccc(-c4cc(F)cc(F)c4)cc3)cc2)cc1.Cc1ccc(-c2ccsc2)cc1. The molecule has 0 aliphatic carbocycles. The Bertz CT molecular complexity index is 1660. The molecule has 0 amide bonds. The molecule has 0 unspecified atom stereocenters. The predicted octanol–water partition coefficient (Wildman–Crippen LogP) is 14.4. The third-order valence-corrected chi connectivity index (χ3v) is 8.09. The number of rotatable bonds is 7. The first-order valence-corrected chi connectivity index (χ1v) is 18.2. The van der Waals surface area contributed by atoms with Crippen molar-refractivity contribution in [3.63, 3.8) is 0 Å². The maximum atomic E-state index is 13.4. The van der Waals surface area contributed by atoms with Crippen molar-refractivity contribution in [1.82, 2.24) is 0 Å². The Kier molecular flexibility index (Phi) is 18.5. The standard InChI is InChI=1S/C28H24F2.C11H10S.3C2H6/c1-2-20-5-11-23(12-6-20)24-13-7-21(8-14-24)3-4-22-9-15-25(16-10-22)26-17-27(29)19-28(30)18-26;1-9-2-4-10(5-3-9)11-6-7-12-8-11;3*1-2/h5-19H,2-4H2,1H3;2-8H,1H3;3*1-2H3. The van der Waals surface area contributed by atoms with Crippen molar-refractivity contribution in [3.8, 4) is 33.4 Å². The Morgan fingerprint density at radius 3 is 1.21 bits per heavy atom. The number of benzene rings is 5. The fourth-order valence-corrected chi connectivity index (χ4v) is 5.51. The van der Waals surface area contributed by atoms with E-state index in [0.717, 1.165) is 30.9 Å². The van der Waals surface area contributed by atoms with Crippen LogP contribution in [0.2, 0.25) is 0 Å². The van der Waals surface area contributed by atoms with Crippen LogP contribution in [0.25, 0.3) is 33.4 Å². The zero-order valence-electron chi connectivity index (χ0n) is 30.0. The smallest absolute Gasteiger partial charge is 0.126 e. The predicted molar refractivity (Wildman–Crippen MR) is 209 cm³/mol. The lowest BCUT2D eigenvalue weighted by Gasteiger charge is -2.07. The molecule has 0 nitrogen and oxygen atoms in total. The zero-order chi connectivity index (χ0) is 35.3. The highest BCUT2D eigenvalue weighted by Gasteiger charge is 2.05. The first-order valence-electron chi connectivity index (χ1n) is 17.3. The minimum atomic E-state index is -0.557. The van der Waals surface area contributed by atoms with Gasteiger partial charge in [0.15, 0.2) is 0 Å². The van der Waals surface area contributed by atoms with Gasteiger partial charge < -0.3 is 0 Å². The van der Waals surface area contributed by atoms with Gasteiger partial charge in [0.05, 0.1) is 0 Å². The van der Waals surface area contributed by atoms with E-state index >= 15 is 0 Å². The molecule has 0 atom stereocenters. The Morgan fingerprint density at radius 2 is 0.812 bits per heavy atom. The van der Waals surface area contributed by atoms with Crippen LogP contribution in [0.5, 0.6) is 0 Å². The molecular formula is C45H52F2S. The van der Waals surface area contributed by atoms with E-state index < -0.39 is 11.6 Å². The van der Waals surface area contributed by atoms with E-state index in [1.165, 1.54) is 56.6 Å². The molecule has 1 aromatic heterocycles. The number of halogens is 2. The average Bonchev–Trinajstić information content (AvgIpc) is 3.69. The van der Waals surface area contributed by atoms with Crippen LogP contribution in [0.4, 0.5) is 8.78 Å². The molecular weight excluding hydrogens is 611 g/mol. The average molecular weight is 663 g/mol. The molecule has 0 bridgehead atoms. The Labute approximate surface area is 293 Å². The molecule has 3 heteroatoms. The number of thiophene rings is 1. The number of aryl methyl sites for hydroxylation is 4. The molecule has 0 aliphatic rings. The van der Waals surface area contributed by atoms with Crippen molar-refractivity contribution in [2.24, 2.45) is 0 Å². The van der Waals surface area contributed by atoms with Gasteiger partial charge in [0.2, 0.25) is 0 Å². The van der Waals surface area contributed by atoms with E-state index in [1.54, 1.807) is 11.3 Å². The third-order valence-electron chi connectivity index (χ3n) is 7.41. The van der Waals surface area contributed by atoms with Crippen LogP contribution in [0.15, 0.2) is 132 Å². The summed E-state index contributed by atoms with van der Waals surface area (Å²) in [6.07, 6.45) is 2.92. The highest BCUT2D eigenvalue weighted by atomic mass is 32.1. The van der Waals surface area contributed by atoms with Gasteiger partial charge in [0.25, 0.3) is 0 Å². The van der Waals surface area contributed by atoms with E-state index in [9.17, 15) is 8.78 Å². The van der Waals surface area contributed by atoms with Crippen LogP contribution in [0, 0.1) is 18.6 Å². The lowest BCUT2D eigenvalue weighted by Crippen LogP contribution is -1.92. The van der Waals surface area contributed by atoms with Gasteiger partial charge >= 0.3 is 0 Å². The Morgan fingerprint density at radius 1 is 0.438 bits per heavy atom. The molecule has 0 N–H and O–H groups in total. The van der Waals surface area contributed by atoms with Gasteiger partial charge in [0, 0.05) is 6.07 Å². The van der Waals surface area contributed by atoms with Crippen LogP contribution in [0.1, 0.15) is 70.7 Å². The van der Waals surface area contributed by atoms with E-state index in [0.29, 0.717) is 5.56 Å². The van der Waals surface area contributed by atoms with E-state index in [2.05, 4.69) is 103 Å².